The molecule has 108 valence electrons. The van der Waals surface area contributed by atoms with Gasteiger partial charge >= 0.3 is 0 Å². The Kier molecular flexibility index (Phi) is 5.10. The highest BCUT2D eigenvalue weighted by Crippen LogP contribution is 2.31. The van der Waals surface area contributed by atoms with Gasteiger partial charge in [0, 0.05) is 17.6 Å². The second-order valence-corrected chi connectivity index (χ2v) is 8.93. The van der Waals surface area contributed by atoms with E-state index in [4.69, 9.17) is 11.6 Å². The summed E-state index contributed by atoms with van der Waals surface area (Å²) in [6, 6.07) is 4.64. The molecule has 0 saturated carbocycles. The Morgan fingerprint density at radius 1 is 1.32 bits per heavy atom. The molecule has 1 aromatic carbocycles. The van der Waals surface area contributed by atoms with Gasteiger partial charge in [-0.15, -0.1) is 0 Å². The van der Waals surface area contributed by atoms with Crippen LogP contribution >= 0.6 is 27.5 Å². The van der Waals surface area contributed by atoms with Gasteiger partial charge in [-0.3, -0.25) is 0 Å². The van der Waals surface area contributed by atoms with Gasteiger partial charge in [-0.2, -0.15) is 4.31 Å². The second kappa shape index (κ2) is 5.72. The van der Waals surface area contributed by atoms with Crippen molar-refractivity contribution < 1.29 is 8.42 Å². The molecular weight excluding hydrogens is 350 g/mol. The summed E-state index contributed by atoms with van der Waals surface area (Å²) in [5, 5.41) is 0.224. The molecule has 0 fully saturated rings. The number of nitrogens with zero attached hydrogens (tertiary/aromatic N) is 1. The van der Waals surface area contributed by atoms with E-state index in [1.54, 1.807) is 19.2 Å². The normalized spacial score (nSPS) is 14.7. The molecule has 1 aromatic rings. The van der Waals surface area contributed by atoms with Crippen LogP contribution in [0, 0.1) is 5.41 Å². The van der Waals surface area contributed by atoms with Gasteiger partial charge < -0.3 is 0 Å². The third kappa shape index (κ3) is 3.72. The van der Waals surface area contributed by atoms with Crippen molar-refractivity contribution >= 4 is 37.6 Å². The van der Waals surface area contributed by atoms with Crippen LogP contribution in [0.2, 0.25) is 5.02 Å². The van der Waals surface area contributed by atoms with Gasteiger partial charge in [0.2, 0.25) is 10.0 Å². The Morgan fingerprint density at radius 3 is 2.26 bits per heavy atom. The van der Waals surface area contributed by atoms with E-state index in [0.29, 0.717) is 0 Å². The van der Waals surface area contributed by atoms with Crippen molar-refractivity contribution in [2.24, 2.45) is 5.41 Å². The van der Waals surface area contributed by atoms with E-state index in [9.17, 15) is 8.42 Å². The SMILES string of the molecule is C[C@H](N(C)S(=O)(=O)c1ccc(Br)cc1Cl)C(C)(C)C. The maximum atomic E-state index is 12.6. The summed E-state index contributed by atoms with van der Waals surface area (Å²) >= 11 is 9.31. The molecule has 6 heteroatoms. The zero-order chi connectivity index (χ0) is 15.0. The lowest BCUT2D eigenvalue weighted by atomic mass is 9.88. The summed E-state index contributed by atoms with van der Waals surface area (Å²) in [5.41, 5.74) is -0.149. The summed E-state index contributed by atoms with van der Waals surface area (Å²) in [5.74, 6) is 0. The van der Waals surface area contributed by atoms with Crippen molar-refractivity contribution in [3.63, 3.8) is 0 Å². The van der Waals surface area contributed by atoms with E-state index < -0.39 is 10.0 Å². The zero-order valence-electron chi connectivity index (χ0n) is 11.7. The van der Waals surface area contributed by atoms with Gasteiger partial charge in [0.05, 0.1) is 5.02 Å². The molecule has 0 aliphatic carbocycles. The van der Waals surface area contributed by atoms with E-state index in [1.165, 1.54) is 10.4 Å². The third-order valence-electron chi connectivity index (χ3n) is 3.35. The van der Waals surface area contributed by atoms with Gasteiger partial charge in [-0.05, 0) is 30.5 Å². The lowest BCUT2D eigenvalue weighted by Crippen LogP contribution is -2.42. The highest BCUT2D eigenvalue weighted by molar-refractivity contribution is 9.10. The van der Waals surface area contributed by atoms with Crippen molar-refractivity contribution in [3.05, 3.63) is 27.7 Å². The van der Waals surface area contributed by atoms with E-state index in [1.807, 2.05) is 27.7 Å². The lowest BCUT2D eigenvalue weighted by Gasteiger charge is -2.34. The molecule has 0 aromatic heterocycles. The first-order valence-corrected chi connectivity index (χ1v) is 8.52. The summed E-state index contributed by atoms with van der Waals surface area (Å²) in [6.45, 7) is 7.91. The molecule has 0 N–H and O–H groups in total. The van der Waals surface area contributed by atoms with Crippen molar-refractivity contribution in [1.82, 2.24) is 4.31 Å². The molecule has 1 rings (SSSR count). The van der Waals surface area contributed by atoms with Crippen molar-refractivity contribution in [2.75, 3.05) is 7.05 Å². The van der Waals surface area contributed by atoms with E-state index in [2.05, 4.69) is 15.9 Å². The Bertz CT molecular complexity index is 566. The number of rotatable bonds is 3. The van der Waals surface area contributed by atoms with Crippen LogP contribution in [-0.4, -0.2) is 25.8 Å². The minimum atomic E-state index is -3.59. The molecule has 0 radical (unpaired) electrons. The van der Waals surface area contributed by atoms with Gasteiger partial charge in [0.1, 0.15) is 4.90 Å². The highest BCUT2D eigenvalue weighted by atomic mass is 79.9. The third-order valence-corrected chi connectivity index (χ3v) is 6.25. The molecule has 0 unspecified atom stereocenters. The predicted molar refractivity (Wildman–Crippen MR) is 83.0 cm³/mol. The highest BCUT2D eigenvalue weighted by Gasteiger charge is 2.33. The predicted octanol–water partition coefficient (Wildman–Crippen LogP) is 4.16. The maximum Gasteiger partial charge on any atom is 0.244 e. The van der Waals surface area contributed by atoms with Crippen LogP contribution in [0.4, 0.5) is 0 Å². The van der Waals surface area contributed by atoms with Crippen LogP contribution in [0.1, 0.15) is 27.7 Å². The second-order valence-electron chi connectivity index (χ2n) is 5.64. The first kappa shape index (κ1) is 17.0. The topological polar surface area (TPSA) is 37.4 Å². The van der Waals surface area contributed by atoms with Crippen LogP contribution in [0.25, 0.3) is 0 Å². The molecule has 0 aliphatic rings. The fraction of sp³-hybridized carbons (Fsp3) is 0.538. The molecule has 0 spiro atoms. The zero-order valence-corrected chi connectivity index (χ0v) is 14.9. The molecule has 0 heterocycles. The first-order valence-electron chi connectivity index (χ1n) is 5.91. The quantitative estimate of drug-likeness (QED) is 0.803. The molecule has 0 saturated heterocycles. The van der Waals surface area contributed by atoms with Crippen molar-refractivity contribution in [3.8, 4) is 0 Å². The van der Waals surface area contributed by atoms with Crippen LogP contribution in [0.5, 0.6) is 0 Å². The Morgan fingerprint density at radius 2 is 1.84 bits per heavy atom. The Balaban J connectivity index is 3.24. The molecule has 0 amide bonds. The molecule has 0 aliphatic heterocycles. The summed E-state index contributed by atoms with van der Waals surface area (Å²) in [7, 11) is -2.00. The number of halogens is 2. The average molecular weight is 369 g/mol. The minimum Gasteiger partial charge on any atom is -0.207 e. The lowest BCUT2D eigenvalue weighted by molar-refractivity contribution is 0.216. The molecule has 0 bridgehead atoms. The van der Waals surface area contributed by atoms with Crippen molar-refractivity contribution in [2.45, 2.75) is 38.6 Å². The molecule has 19 heavy (non-hydrogen) atoms. The van der Waals surface area contributed by atoms with E-state index in [0.717, 1.165) is 4.47 Å². The first-order chi connectivity index (χ1) is 8.48. The van der Waals surface area contributed by atoms with Crippen molar-refractivity contribution in [1.29, 1.82) is 0 Å². The van der Waals surface area contributed by atoms with Crippen LogP contribution < -0.4 is 0 Å². The van der Waals surface area contributed by atoms with Crippen LogP contribution in [-0.2, 0) is 10.0 Å². The van der Waals surface area contributed by atoms with Gasteiger partial charge in [0.15, 0.2) is 0 Å². The largest absolute Gasteiger partial charge is 0.244 e. The number of hydrogen-bond acceptors (Lipinski definition) is 2. The van der Waals surface area contributed by atoms with E-state index in [-0.39, 0.29) is 21.4 Å². The summed E-state index contributed by atoms with van der Waals surface area (Å²) in [4.78, 5) is 0.135. The van der Waals surface area contributed by atoms with Gasteiger partial charge in [0.25, 0.3) is 0 Å². The van der Waals surface area contributed by atoms with Crippen LogP contribution in [0.15, 0.2) is 27.6 Å². The average Bonchev–Trinajstić information content (AvgIpc) is 2.25. The number of sulfonamides is 1. The van der Waals surface area contributed by atoms with Gasteiger partial charge in [-0.1, -0.05) is 48.3 Å². The standard InChI is InChI=1S/C13H19BrClNO2S/c1-9(13(2,3)4)16(5)19(17,18)12-7-6-10(14)8-11(12)15/h6-9H,1-5H3/t9-/m0/s1. The smallest absolute Gasteiger partial charge is 0.207 e. The number of benzene rings is 1. The molecular formula is C13H19BrClNO2S. The summed E-state index contributed by atoms with van der Waals surface area (Å²) < 4.78 is 27.3. The molecule has 3 nitrogen and oxygen atoms in total. The van der Waals surface area contributed by atoms with Crippen LogP contribution in [0.3, 0.4) is 0 Å². The van der Waals surface area contributed by atoms with Gasteiger partial charge in [-0.25, -0.2) is 8.42 Å². The minimum absolute atomic E-state index is 0.135. The Hall–Kier alpha value is -0.100. The number of hydrogen-bond donors (Lipinski definition) is 0. The molecule has 1 atom stereocenters. The van der Waals surface area contributed by atoms with E-state index >= 15 is 0 Å². The Labute approximate surface area is 129 Å². The fourth-order valence-electron chi connectivity index (χ4n) is 1.59. The summed E-state index contributed by atoms with van der Waals surface area (Å²) in [6.07, 6.45) is 0. The fourth-order valence-corrected chi connectivity index (χ4v) is 4.15. The monoisotopic (exact) mass is 367 g/mol. The maximum absolute atomic E-state index is 12.6.